The molecule has 3 fully saturated rings. The number of aromatic nitrogens is 3. The van der Waals surface area contributed by atoms with Gasteiger partial charge in [-0.25, -0.2) is 4.90 Å². The molecule has 6 unspecified atom stereocenters. The third-order valence-corrected chi connectivity index (χ3v) is 7.40. The Morgan fingerprint density at radius 2 is 1.55 bits per heavy atom. The highest BCUT2D eigenvalue weighted by Gasteiger charge is 2.72. The first-order valence-corrected chi connectivity index (χ1v) is 11.4. The fourth-order valence-electron chi connectivity index (χ4n) is 5.48. The third-order valence-electron chi connectivity index (χ3n) is 6.87. The average Bonchev–Trinajstić information content (AvgIpc) is 3.63. The van der Waals surface area contributed by atoms with Gasteiger partial charge < -0.3 is 9.57 Å². The zero-order valence-electron chi connectivity index (χ0n) is 17.0. The Kier molecular flexibility index (Phi) is 3.95. The Bertz CT molecular complexity index is 1320. The number of fused-ring (bicyclic) bond motifs is 8. The Balaban J connectivity index is 1.20. The molecule has 5 heterocycles. The van der Waals surface area contributed by atoms with Gasteiger partial charge in [-0.2, -0.15) is 9.90 Å². The van der Waals surface area contributed by atoms with Crippen molar-refractivity contribution < 1.29 is 19.2 Å². The van der Waals surface area contributed by atoms with Crippen LogP contribution in [0.5, 0.6) is 0 Å². The fourth-order valence-corrected chi connectivity index (χ4v) is 5.74. The molecule has 6 atom stereocenters. The summed E-state index contributed by atoms with van der Waals surface area (Å²) in [5.41, 5.74) is 2.56. The van der Waals surface area contributed by atoms with Crippen LogP contribution in [0.25, 0.3) is 5.69 Å². The van der Waals surface area contributed by atoms with Gasteiger partial charge in [0.15, 0.2) is 6.10 Å². The van der Waals surface area contributed by atoms with Crippen LogP contribution in [0.4, 0.5) is 5.69 Å². The molecule has 0 spiro atoms. The van der Waals surface area contributed by atoms with E-state index in [9.17, 15) is 9.59 Å². The van der Waals surface area contributed by atoms with Crippen molar-refractivity contribution in [3.8, 4) is 5.69 Å². The Hall–Kier alpha value is -3.37. The molecule has 3 saturated heterocycles. The van der Waals surface area contributed by atoms with Crippen LogP contribution in [0.3, 0.4) is 0 Å². The molecule has 9 nitrogen and oxygen atoms in total. The van der Waals surface area contributed by atoms with Gasteiger partial charge in [0.2, 0.25) is 11.8 Å². The van der Waals surface area contributed by atoms with Crippen LogP contribution in [0.2, 0.25) is 0 Å². The number of ether oxygens (including phenoxy) is 1. The lowest BCUT2D eigenvalue weighted by Crippen LogP contribution is -2.45. The summed E-state index contributed by atoms with van der Waals surface area (Å²) < 4.78 is 7.03. The van der Waals surface area contributed by atoms with Crippen molar-refractivity contribution in [2.24, 2.45) is 22.9 Å². The summed E-state index contributed by atoms with van der Waals surface area (Å²) in [6.45, 7) is 0. The number of oxime groups is 1. The molecule has 0 N–H and O–H groups in total. The molecule has 0 aliphatic carbocycles. The van der Waals surface area contributed by atoms with E-state index < -0.39 is 30.1 Å². The quantitative estimate of drug-likeness (QED) is 0.506. The zero-order chi connectivity index (χ0) is 22.3. The normalized spacial score (nSPS) is 31.5. The smallest absolute Gasteiger partial charge is 0.240 e. The first kappa shape index (κ1) is 19.1. The molecule has 2 aromatic carbocycles. The number of anilines is 1. The summed E-state index contributed by atoms with van der Waals surface area (Å²) in [7, 11) is 0. The highest BCUT2D eigenvalue weighted by molar-refractivity contribution is 9.10. The van der Waals surface area contributed by atoms with Crippen molar-refractivity contribution >= 4 is 39.1 Å². The maximum absolute atomic E-state index is 13.4. The molecule has 0 radical (unpaired) electrons. The predicted octanol–water partition coefficient (Wildman–Crippen LogP) is 2.34. The second kappa shape index (κ2) is 6.82. The number of imide groups is 1. The van der Waals surface area contributed by atoms with Gasteiger partial charge in [0.05, 0.1) is 41.4 Å². The summed E-state index contributed by atoms with van der Waals surface area (Å²) in [6, 6.07) is 16.7. The van der Waals surface area contributed by atoms with Crippen molar-refractivity contribution in [3.05, 3.63) is 71.0 Å². The van der Waals surface area contributed by atoms with E-state index >= 15 is 0 Å². The highest BCUT2D eigenvalue weighted by Crippen LogP contribution is 2.55. The number of rotatable bonds is 3. The minimum absolute atomic E-state index is 0.238. The van der Waals surface area contributed by atoms with E-state index in [4.69, 9.17) is 9.57 Å². The lowest BCUT2D eigenvalue weighted by molar-refractivity contribution is -0.125. The molecule has 4 aliphatic heterocycles. The number of amides is 2. The number of hydrogen-bond donors (Lipinski definition) is 0. The molecule has 33 heavy (non-hydrogen) atoms. The monoisotopic (exact) mass is 505 g/mol. The molecule has 2 bridgehead atoms. The summed E-state index contributed by atoms with van der Waals surface area (Å²) in [4.78, 5) is 35.2. The summed E-state index contributed by atoms with van der Waals surface area (Å²) in [5.74, 6) is -1.90. The van der Waals surface area contributed by atoms with Gasteiger partial charge in [0.1, 0.15) is 17.5 Å². The molecule has 2 amide bonds. The van der Waals surface area contributed by atoms with E-state index in [0.29, 0.717) is 17.1 Å². The molecule has 3 aromatic rings. The molecule has 164 valence electrons. The van der Waals surface area contributed by atoms with E-state index in [0.717, 1.165) is 10.2 Å². The maximum atomic E-state index is 13.4. The van der Waals surface area contributed by atoms with Gasteiger partial charge in [-0.15, -0.1) is 5.10 Å². The standard InChI is InChI=1S/C23H16BrN5O4/c24-11-6-8-12(9-7-11)28-22(30)15-16(23(28)31)20-21-17(19(15)32-20)18(27-33-21)14-10-25-29(26-14)13-4-2-1-3-5-13/h1-10,15-17,19-21H. The average molecular weight is 506 g/mol. The van der Waals surface area contributed by atoms with Gasteiger partial charge in [0, 0.05) is 4.47 Å². The van der Waals surface area contributed by atoms with Gasteiger partial charge in [0.25, 0.3) is 0 Å². The van der Waals surface area contributed by atoms with E-state index in [1.807, 2.05) is 42.5 Å². The highest BCUT2D eigenvalue weighted by atomic mass is 79.9. The SMILES string of the molecule is O=C1C2C3OC(C4C(c5cnn(-c6ccccc6)n5)=NOC34)C2C(=O)N1c1ccc(Br)cc1. The number of carbonyl (C=O) groups excluding carboxylic acids is 2. The lowest BCUT2D eigenvalue weighted by atomic mass is 9.72. The Morgan fingerprint density at radius 3 is 2.30 bits per heavy atom. The number of para-hydroxylation sites is 1. The second-order valence-electron chi connectivity index (χ2n) is 8.53. The number of hydrogen-bond acceptors (Lipinski definition) is 7. The van der Waals surface area contributed by atoms with Crippen molar-refractivity contribution in [1.82, 2.24) is 15.0 Å². The zero-order valence-corrected chi connectivity index (χ0v) is 18.6. The Labute approximate surface area is 196 Å². The molecule has 0 saturated carbocycles. The van der Waals surface area contributed by atoms with Gasteiger partial charge in [-0.1, -0.05) is 39.3 Å². The molecule has 10 heteroatoms. The summed E-state index contributed by atoms with van der Waals surface area (Å²) >= 11 is 3.39. The summed E-state index contributed by atoms with van der Waals surface area (Å²) in [6.07, 6.45) is 0.198. The number of halogens is 1. The minimum atomic E-state index is -0.568. The lowest BCUT2D eigenvalue weighted by Gasteiger charge is -2.25. The minimum Gasteiger partial charge on any atom is -0.389 e. The number of benzene rings is 2. The Morgan fingerprint density at radius 1 is 0.818 bits per heavy atom. The van der Waals surface area contributed by atoms with Gasteiger partial charge in [-0.05, 0) is 36.4 Å². The predicted molar refractivity (Wildman–Crippen MR) is 119 cm³/mol. The van der Waals surface area contributed by atoms with Crippen molar-refractivity contribution in [3.63, 3.8) is 0 Å². The van der Waals surface area contributed by atoms with Crippen LogP contribution >= 0.6 is 15.9 Å². The largest absolute Gasteiger partial charge is 0.389 e. The van der Waals surface area contributed by atoms with E-state index in [1.54, 1.807) is 18.3 Å². The molecular formula is C23H16BrN5O4. The fraction of sp³-hybridized carbons (Fsp3) is 0.261. The maximum Gasteiger partial charge on any atom is 0.240 e. The number of carbonyl (C=O) groups is 2. The van der Waals surface area contributed by atoms with Crippen LogP contribution in [-0.2, 0) is 19.2 Å². The third kappa shape index (κ3) is 2.58. The van der Waals surface area contributed by atoms with Crippen LogP contribution in [0.15, 0.2) is 70.4 Å². The second-order valence-corrected chi connectivity index (χ2v) is 9.45. The van der Waals surface area contributed by atoms with Crippen molar-refractivity contribution in [2.45, 2.75) is 18.3 Å². The van der Waals surface area contributed by atoms with Gasteiger partial charge >= 0.3 is 0 Å². The first-order chi connectivity index (χ1) is 16.1. The van der Waals surface area contributed by atoms with Gasteiger partial charge in [-0.3, -0.25) is 9.59 Å². The van der Waals surface area contributed by atoms with Crippen LogP contribution in [-0.4, -0.2) is 50.8 Å². The molecule has 7 rings (SSSR count). The van der Waals surface area contributed by atoms with Crippen LogP contribution in [0, 0.1) is 17.8 Å². The molecular weight excluding hydrogens is 490 g/mol. The van der Waals surface area contributed by atoms with E-state index in [1.165, 1.54) is 9.70 Å². The van der Waals surface area contributed by atoms with Crippen molar-refractivity contribution in [1.29, 1.82) is 0 Å². The van der Waals surface area contributed by atoms with Crippen LogP contribution < -0.4 is 4.90 Å². The topological polar surface area (TPSA) is 98.9 Å². The molecule has 4 aliphatic rings. The summed E-state index contributed by atoms with van der Waals surface area (Å²) in [5, 5.41) is 13.2. The number of nitrogens with zero attached hydrogens (tertiary/aromatic N) is 5. The first-order valence-electron chi connectivity index (χ1n) is 10.6. The van der Waals surface area contributed by atoms with Crippen LogP contribution in [0.1, 0.15) is 5.69 Å². The van der Waals surface area contributed by atoms with E-state index in [-0.39, 0.29) is 17.7 Å². The molecule has 1 aromatic heterocycles. The van der Waals surface area contributed by atoms with Crippen molar-refractivity contribution in [2.75, 3.05) is 4.90 Å². The van der Waals surface area contributed by atoms with E-state index in [2.05, 4.69) is 31.3 Å².